The molecule has 0 aromatic carbocycles. The van der Waals surface area contributed by atoms with Crippen LogP contribution in [0.2, 0.25) is 0 Å². The molecule has 0 bridgehead atoms. The molecule has 2 N–H and O–H groups in total. The normalized spacial score (nSPS) is 13.9. The van der Waals surface area contributed by atoms with Gasteiger partial charge in [-0.25, -0.2) is 13.1 Å². The van der Waals surface area contributed by atoms with E-state index in [0.717, 1.165) is 19.5 Å². The zero-order chi connectivity index (χ0) is 12.4. The summed E-state index contributed by atoms with van der Waals surface area (Å²) in [5.41, 5.74) is 0. The van der Waals surface area contributed by atoms with E-state index in [2.05, 4.69) is 17.0 Å². The highest BCUT2D eigenvalue weighted by atomic mass is 32.2. The van der Waals surface area contributed by atoms with Gasteiger partial charge in [0, 0.05) is 13.7 Å². The highest BCUT2D eigenvalue weighted by Gasteiger charge is 2.10. The molecule has 5 nitrogen and oxygen atoms in total. The summed E-state index contributed by atoms with van der Waals surface area (Å²) in [6.07, 6.45) is 1.61. The van der Waals surface area contributed by atoms with E-state index in [0.29, 0.717) is 13.0 Å². The Morgan fingerprint density at radius 2 is 2.00 bits per heavy atom. The van der Waals surface area contributed by atoms with Crippen molar-refractivity contribution >= 4 is 10.0 Å². The molecule has 1 unspecified atom stereocenters. The lowest BCUT2D eigenvalue weighted by atomic mass is 10.4. The molecular weight excluding hydrogens is 228 g/mol. The molecule has 0 aliphatic carbocycles. The molecule has 0 amide bonds. The second-order valence-electron chi connectivity index (χ2n) is 3.82. The molecule has 0 aromatic rings. The molecule has 0 heterocycles. The number of nitrogens with one attached hydrogen (secondary N) is 2. The maximum absolute atomic E-state index is 11.5. The minimum absolute atomic E-state index is 0.0898. The molecule has 16 heavy (non-hydrogen) atoms. The zero-order valence-electron chi connectivity index (χ0n) is 10.5. The van der Waals surface area contributed by atoms with Gasteiger partial charge < -0.3 is 10.1 Å². The number of hydrogen-bond donors (Lipinski definition) is 2. The molecule has 98 valence electrons. The Hall–Kier alpha value is -0.170. The van der Waals surface area contributed by atoms with Crippen molar-refractivity contribution < 1.29 is 13.2 Å². The van der Waals surface area contributed by atoms with E-state index in [1.807, 2.05) is 6.92 Å². The highest BCUT2D eigenvalue weighted by Crippen LogP contribution is 1.91. The summed E-state index contributed by atoms with van der Waals surface area (Å²) in [7, 11) is -1.58. The largest absolute Gasteiger partial charge is 0.380 e. The van der Waals surface area contributed by atoms with Crippen molar-refractivity contribution in [3.05, 3.63) is 0 Å². The maximum atomic E-state index is 11.5. The van der Waals surface area contributed by atoms with E-state index in [9.17, 15) is 8.42 Å². The molecule has 0 fully saturated rings. The van der Waals surface area contributed by atoms with E-state index in [4.69, 9.17) is 4.74 Å². The summed E-state index contributed by atoms with van der Waals surface area (Å²) in [5, 5.41) is 3.17. The van der Waals surface area contributed by atoms with Crippen molar-refractivity contribution in [1.29, 1.82) is 0 Å². The Kier molecular flexibility index (Phi) is 8.83. The predicted octanol–water partition coefficient (Wildman–Crippen LogP) is 0.330. The van der Waals surface area contributed by atoms with Gasteiger partial charge in [0.05, 0.1) is 11.9 Å². The minimum atomic E-state index is -3.14. The second-order valence-corrected chi connectivity index (χ2v) is 5.74. The van der Waals surface area contributed by atoms with Crippen LogP contribution in [0, 0.1) is 0 Å². The molecule has 0 saturated carbocycles. The molecule has 0 aromatic heterocycles. The van der Waals surface area contributed by atoms with Gasteiger partial charge in [-0.05, 0) is 32.9 Å². The zero-order valence-corrected chi connectivity index (χ0v) is 11.3. The lowest BCUT2D eigenvalue weighted by molar-refractivity contribution is 0.122. The first-order valence-electron chi connectivity index (χ1n) is 5.72. The van der Waals surface area contributed by atoms with Crippen molar-refractivity contribution in [3.8, 4) is 0 Å². The minimum Gasteiger partial charge on any atom is -0.380 e. The number of methoxy groups -OCH3 is 1. The van der Waals surface area contributed by atoms with E-state index in [-0.39, 0.29) is 11.9 Å². The van der Waals surface area contributed by atoms with Crippen molar-refractivity contribution in [2.24, 2.45) is 0 Å². The fourth-order valence-corrected chi connectivity index (χ4v) is 2.25. The smallest absolute Gasteiger partial charge is 0.211 e. The van der Waals surface area contributed by atoms with Gasteiger partial charge in [0.2, 0.25) is 10.0 Å². The van der Waals surface area contributed by atoms with Gasteiger partial charge in [-0.15, -0.1) is 0 Å². The second kappa shape index (κ2) is 8.92. The summed E-state index contributed by atoms with van der Waals surface area (Å²) in [5.74, 6) is 0.167. The van der Waals surface area contributed by atoms with Gasteiger partial charge in [0.25, 0.3) is 0 Å². The van der Waals surface area contributed by atoms with Gasteiger partial charge in [0.15, 0.2) is 0 Å². The lowest BCUT2D eigenvalue weighted by Crippen LogP contribution is -2.34. The van der Waals surface area contributed by atoms with E-state index in [1.54, 1.807) is 7.11 Å². The standard InChI is InChI=1S/C10H24N2O3S/c1-4-6-11-7-5-8-16(13,14)12-9-10(2)15-3/h10-12H,4-9H2,1-3H3. The first-order chi connectivity index (χ1) is 7.52. The van der Waals surface area contributed by atoms with E-state index in [1.165, 1.54) is 0 Å². The van der Waals surface area contributed by atoms with Gasteiger partial charge in [-0.1, -0.05) is 6.92 Å². The van der Waals surface area contributed by atoms with Crippen LogP contribution in [0.4, 0.5) is 0 Å². The SMILES string of the molecule is CCCNCCCS(=O)(=O)NCC(C)OC. The number of ether oxygens (including phenoxy) is 1. The van der Waals surface area contributed by atoms with Crippen LogP contribution < -0.4 is 10.0 Å². The predicted molar refractivity (Wildman–Crippen MR) is 66.0 cm³/mol. The lowest BCUT2D eigenvalue weighted by Gasteiger charge is -2.11. The third-order valence-corrected chi connectivity index (χ3v) is 3.62. The molecule has 0 radical (unpaired) electrons. The average Bonchev–Trinajstić information content (AvgIpc) is 2.25. The first-order valence-corrected chi connectivity index (χ1v) is 7.38. The van der Waals surface area contributed by atoms with Gasteiger partial charge in [-0.2, -0.15) is 0 Å². The Labute approximate surface area is 99.0 Å². The van der Waals surface area contributed by atoms with Crippen molar-refractivity contribution in [2.75, 3.05) is 32.5 Å². The fraction of sp³-hybridized carbons (Fsp3) is 1.00. The number of hydrogen-bond acceptors (Lipinski definition) is 4. The van der Waals surface area contributed by atoms with Crippen LogP contribution in [0.5, 0.6) is 0 Å². The van der Waals surface area contributed by atoms with Crippen LogP contribution in [0.15, 0.2) is 0 Å². The van der Waals surface area contributed by atoms with Crippen molar-refractivity contribution in [2.45, 2.75) is 32.8 Å². The fourth-order valence-electron chi connectivity index (χ4n) is 1.09. The van der Waals surface area contributed by atoms with Crippen molar-refractivity contribution in [1.82, 2.24) is 10.0 Å². The summed E-state index contributed by atoms with van der Waals surface area (Å²) in [4.78, 5) is 0. The maximum Gasteiger partial charge on any atom is 0.211 e. The molecule has 0 spiro atoms. The highest BCUT2D eigenvalue weighted by molar-refractivity contribution is 7.89. The first kappa shape index (κ1) is 15.8. The number of sulfonamides is 1. The molecule has 0 rings (SSSR count). The van der Waals surface area contributed by atoms with Crippen LogP contribution in [0.25, 0.3) is 0 Å². The summed E-state index contributed by atoms with van der Waals surface area (Å²) in [6.45, 7) is 5.92. The molecule has 1 atom stereocenters. The Morgan fingerprint density at radius 3 is 2.56 bits per heavy atom. The molecule has 6 heteroatoms. The molecule has 0 aliphatic heterocycles. The van der Waals surface area contributed by atoms with Gasteiger partial charge in [-0.3, -0.25) is 0 Å². The topological polar surface area (TPSA) is 67.4 Å². The Balaban J connectivity index is 3.63. The van der Waals surface area contributed by atoms with Gasteiger partial charge in [0.1, 0.15) is 0 Å². The Bertz CT molecular complexity index is 255. The van der Waals surface area contributed by atoms with Crippen LogP contribution in [0.1, 0.15) is 26.7 Å². The summed E-state index contributed by atoms with van der Waals surface area (Å²) >= 11 is 0. The van der Waals surface area contributed by atoms with Crippen LogP contribution in [-0.2, 0) is 14.8 Å². The van der Waals surface area contributed by atoms with Crippen LogP contribution >= 0.6 is 0 Å². The summed E-state index contributed by atoms with van der Waals surface area (Å²) in [6, 6.07) is 0. The third-order valence-electron chi connectivity index (χ3n) is 2.19. The summed E-state index contributed by atoms with van der Waals surface area (Å²) < 4.78 is 30.5. The monoisotopic (exact) mass is 252 g/mol. The van der Waals surface area contributed by atoms with Gasteiger partial charge >= 0.3 is 0 Å². The molecular formula is C10H24N2O3S. The average molecular weight is 252 g/mol. The molecule has 0 saturated heterocycles. The Morgan fingerprint density at radius 1 is 1.31 bits per heavy atom. The quantitative estimate of drug-likeness (QED) is 0.550. The van der Waals surface area contributed by atoms with Crippen LogP contribution in [0.3, 0.4) is 0 Å². The van der Waals surface area contributed by atoms with Crippen LogP contribution in [-0.4, -0.2) is 47.0 Å². The third kappa shape index (κ3) is 9.08. The van der Waals surface area contributed by atoms with E-state index < -0.39 is 10.0 Å². The number of rotatable bonds is 10. The van der Waals surface area contributed by atoms with E-state index >= 15 is 0 Å². The van der Waals surface area contributed by atoms with Crippen molar-refractivity contribution in [3.63, 3.8) is 0 Å². The molecule has 0 aliphatic rings.